The maximum atomic E-state index is 13.9. The minimum atomic E-state index is -0.605. The van der Waals surface area contributed by atoms with E-state index < -0.39 is 17.7 Å². The highest BCUT2D eigenvalue weighted by Gasteiger charge is 2.24. The Bertz CT molecular complexity index is 497. The second-order valence-corrected chi connectivity index (χ2v) is 5.76. The van der Waals surface area contributed by atoms with Gasteiger partial charge in [-0.05, 0) is 39.1 Å². The molecule has 1 saturated heterocycles. The summed E-state index contributed by atoms with van der Waals surface area (Å²) in [5.41, 5.74) is -0.0232. The van der Waals surface area contributed by atoms with E-state index in [1.165, 1.54) is 18.2 Å². The molecule has 1 fully saturated rings. The van der Waals surface area contributed by atoms with Gasteiger partial charge in [-0.25, -0.2) is 8.78 Å². The molecule has 0 saturated carbocycles. The molecule has 22 heavy (non-hydrogen) atoms. The van der Waals surface area contributed by atoms with Crippen LogP contribution in [0.2, 0.25) is 0 Å². The van der Waals surface area contributed by atoms with Crippen molar-refractivity contribution < 1.29 is 18.3 Å². The average Bonchev–Trinajstić information content (AvgIpc) is 2.94. The molecule has 0 aromatic heterocycles. The Labute approximate surface area is 129 Å². The summed E-state index contributed by atoms with van der Waals surface area (Å²) in [5.74, 6) is -1.37. The predicted octanol–water partition coefficient (Wildman–Crippen LogP) is 2.25. The number of hydrogen-bond acceptors (Lipinski definition) is 3. The summed E-state index contributed by atoms with van der Waals surface area (Å²) in [7, 11) is 3.45. The van der Waals surface area contributed by atoms with E-state index in [2.05, 4.69) is 5.32 Å². The third-order valence-electron chi connectivity index (χ3n) is 3.89. The standard InChI is InChI=1S/C16H22F2N2O2/c1-20(2)14(16-12(17)6-3-7-13(16)18)10-19-15(21)9-11-5-4-8-22-11/h3,6-7,11,14H,4-5,8-10H2,1-2H3,(H,19,21)/t11-,14-/m1/s1. The van der Waals surface area contributed by atoms with Gasteiger partial charge in [0.2, 0.25) is 5.91 Å². The summed E-state index contributed by atoms with van der Waals surface area (Å²) >= 11 is 0. The van der Waals surface area contributed by atoms with Gasteiger partial charge in [0.05, 0.1) is 18.6 Å². The van der Waals surface area contributed by atoms with Crippen LogP contribution in [-0.2, 0) is 9.53 Å². The Morgan fingerprint density at radius 2 is 2.09 bits per heavy atom. The van der Waals surface area contributed by atoms with Crippen molar-refractivity contribution in [2.75, 3.05) is 27.2 Å². The number of likely N-dealkylation sites (N-methyl/N-ethyl adjacent to an activating group) is 1. The van der Waals surface area contributed by atoms with Crippen molar-refractivity contribution >= 4 is 5.91 Å². The first-order valence-electron chi connectivity index (χ1n) is 7.47. The Morgan fingerprint density at radius 1 is 1.41 bits per heavy atom. The van der Waals surface area contributed by atoms with Crippen LogP contribution in [0, 0.1) is 11.6 Å². The van der Waals surface area contributed by atoms with Crippen molar-refractivity contribution in [2.24, 2.45) is 0 Å². The van der Waals surface area contributed by atoms with E-state index in [4.69, 9.17) is 4.74 Å². The lowest BCUT2D eigenvalue weighted by Crippen LogP contribution is -2.36. The third-order valence-corrected chi connectivity index (χ3v) is 3.89. The number of benzene rings is 1. The summed E-state index contributed by atoms with van der Waals surface area (Å²) in [6.07, 6.45) is 2.11. The van der Waals surface area contributed by atoms with Crippen molar-refractivity contribution in [1.82, 2.24) is 10.2 Å². The number of nitrogens with one attached hydrogen (secondary N) is 1. The minimum absolute atomic E-state index is 0.0232. The Morgan fingerprint density at radius 3 is 2.64 bits per heavy atom. The molecule has 4 nitrogen and oxygen atoms in total. The molecule has 1 aliphatic heterocycles. The van der Waals surface area contributed by atoms with Crippen molar-refractivity contribution in [2.45, 2.75) is 31.4 Å². The van der Waals surface area contributed by atoms with Crippen LogP contribution in [0.5, 0.6) is 0 Å². The van der Waals surface area contributed by atoms with Gasteiger partial charge >= 0.3 is 0 Å². The number of carbonyl (C=O) groups is 1. The van der Waals surface area contributed by atoms with Gasteiger partial charge < -0.3 is 15.0 Å². The van der Waals surface area contributed by atoms with E-state index in [1.807, 2.05) is 0 Å². The molecular weight excluding hydrogens is 290 g/mol. The van der Waals surface area contributed by atoms with Crippen LogP contribution >= 0.6 is 0 Å². The SMILES string of the molecule is CN(C)[C@H](CNC(=O)C[C@H]1CCCO1)c1c(F)cccc1F. The number of nitrogens with zero attached hydrogens (tertiary/aromatic N) is 1. The van der Waals surface area contributed by atoms with Crippen LogP contribution in [0.25, 0.3) is 0 Å². The summed E-state index contributed by atoms with van der Waals surface area (Å²) in [4.78, 5) is 13.6. The fourth-order valence-electron chi connectivity index (χ4n) is 2.67. The first kappa shape index (κ1) is 16.8. The quantitative estimate of drug-likeness (QED) is 0.876. The normalized spacial score (nSPS) is 19.4. The van der Waals surface area contributed by atoms with Crippen LogP contribution < -0.4 is 5.32 Å². The summed E-state index contributed by atoms with van der Waals surface area (Å²) in [6.45, 7) is 0.842. The van der Waals surface area contributed by atoms with Gasteiger partial charge in [0.15, 0.2) is 0 Å². The van der Waals surface area contributed by atoms with Gasteiger partial charge in [-0.3, -0.25) is 4.79 Å². The molecule has 1 heterocycles. The number of carbonyl (C=O) groups excluding carboxylic acids is 1. The zero-order chi connectivity index (χ0) is 16.1. The van der Waals surface area contributed by atoms with E-state index in [0.29, 0.717) is 13.0 Å². The summed E-state index contributed by atoms with van der Waals surface area (Å²) in [6, 6.07) is 3.22. The lowest BCUT2D eigenvalue weighted by atomic mass is 10.0. The minimum Gasteiger partial charge on any atom is -0.378 e. The van der Waals surface area contributed by atoms with Gasteiger partial charge in [-0.2, -0.15) is 0 Å². The van der Waals surface area contributed by atoms with E-state index in [1.54, 1.807) is 19.0 Å². The van der Waals surface area contributed by atoms with Crippen LogP contribution in [-0.4, -0.2) is 44.2 Å². The van der Waals surface area contributed by atoms with Gasteiger partial charge in [-0.15, -0.1) is 0 Å². The number of amides is 1. The number of halogens is 2. The fourth-order valence-corrected chi connectivity index (χ4v) is 2.67. The molecule has 0 bridgehead atoms. The van der Waals surface area contributed by atoms with Crippen LogP contribution in [0.4, 0.5) is 8.78 Å². The van der Waals surface area contributed by atoms with E-state index in [0.717, 1.165) is 12.8 Å². The second kappa shape index (κ2) is 7.65. The number of ether oxygens (including phenoxy) is 1. The van der Waals surface area contributed by atoms with E-state index in [9.17, 15) is 13.6 Å². The van der Waals surface area contributed by atoms with Crippen molar-refractivity contribution in [1.29, 1.82) is 0 Å². The van der Waals surface area contributed by atoms with Crippen molar-refractivity contribution in [3.8, 4) is 0 Å². The monoisotopic (exact) mass is 312 g/mol. The molecule has 1 amide bonds. The largest absolute Gasteiger partial charge is 0.378 e. The molecule has 0 unspecified atom stereocenters. The third kappa shape index (κ3) is 4.24. The van der Waals surface area contributed by atoms with Crippen LogP contribution in [0.15, 0.2) is 18.2 Å². The molecule has 6 heteroatoms. The summed E-state index contributed by atoms with van der Waals surface area (Å²) < 4.78 is 33.2. The molecule has 1 aliphatic rings. The maximum absolute atomic E-state index is 13.9. The number of hydrogen-bond donors (Lipinski definition) is 1. The zero-order valence-electron chi connectivity index (χ0n) is 12.9. The summed E-state index contributed by atoms with van der Waals surface area (Å²) in [5, 5.41) is 2.75. The zero-order valence-corrected chi connectivity index (χ0v) is 12.9. The molecule has 0 spiro atoms. The molecule has 0 radical (unpaired) electrons. The smallest absolute Gasteiger partial charge is 0.222 e. The Kier molecular flexibility index (Phi) is 5.85. The molecule has 2 rings (SSSR count). The average molecular weight is 312 g/mol. The topological polar surface area (TPSA) is 41.6 Å². The molecule has 1 aromatic rings. The van der Waals surface area contributed by atoms with Gasteiger partial charge in [0.25, 0.3) is 0 Å². The van der Waals surface area contributed by atoms with Gasteiger partial charge in [0.1, 0.15) is 11.6 Å². The second-order valence-electron chi connectivity index (χ2n) is 5.76. The van der Waals surface area contributed by atoms with E-state index in [-0.39, 0.29) is 24.1 Å². The van der Waals surface area contributed by atoms with Gasteiger partial charge in [0, 0.05) is 18.7 Å². The molecule has 1 N–H and O–H groups in total. The van der Waals surface area contributed by atoms with Crippen LogP contribution in [0.3, 0.4) is 0 Å². The lowest BCUT2D eigenvalue weighted by Gasteiger charge is -2.26. The lowest BCUT2D eigenvalue weighted by molar-refractivity contribution is -0.123. The Hall–Kier alpha value is -1.53. The number of rotatable bonds is 6. The predicted molar refractivity (Wildman–Crippen MR) is 79.4 cm³/mol. The maximum Gasteiger partial charge on any atom is 0.222 e. The molecule has 2 atom stereocenters. The highest BCUT2D eigenvalue weighted by atomic mass is 19.1. The van der Waals surface area contributed by atoms with Crippen LogP contribution in [0.1, 0.15) is 30.9 Å². The fraction of sp³-hybridized carbons (Fsp3) is 0.562. The first-order valence-corrected chi connectivity index (χ1v) is 7.47. The molecule has 1 aromatic carbocycles. The highest BCUT2D eigenvalue weighted by molar-refractivity contribution is 5.76. The molecular formula is C16H22F2N2O2. The highest BCUT2D eigenvalue weighted by Crippen LogP contribution is 2.24. The molecule has 0 aliphatic carbocycles. The van der Waals surface area contributed by atoms with Crippen molar-refractivity contribution in [3.63, 3.8) is 0 Å². The molecule has 122 valence electrons. The van der Waals surface area contributed by atoms with Gasteiger partial charge in [-0.1, -0.05) is 6.07 Å². The van der Waals surface area contributed by atoms with E-state index >= 15 is 0 Å². The first-order chi connectivity index (χ1) is 10.5. The Balaban J connectivity index is 1.98. The van der Waals surface area contributed by atoms with Crippen molar-refractivity contribution in [3.05, 3.63) is 35.4 Å².